The normalized spacial score (nSPS) is 41.6. The largest absolute Gasteiger partial charge is 0.328 e. The standard InChI is InChI=1S/C13H25N3O2S/c1-10-3-2-6-15(9-10)19(17,18)16-12-4-5-13(16)8-11(14)7-12/h10-13H,2-9,14H2,1H3. The molecule has 0 spiro atoms. The van der Waals surface area contributed by atoms with Crippen molar-refractivity contribution >= 4 is 10.2 Å². The highest BCUT2D eigenvalue weighted by Gasteiger charge is 2.48. The zero-order valence-electron chi connectivity index (χ0n) is 11.7. The molecular formula is C13H25N3O2S. The van der Waals surface area contributed by atoms with Gasteiger partial charge in [-0.2, -0.15) is 17.0 Å². The lowest BCUT2D eigenvalue weighted by Gasteiger charge is -2.41. The van der Waals surface area contributed by atoms with Gasteiger partial charge in [-0.05, 0) is 44.4 Å². The van der Waals surface area contributed by atoms with Crippen LogP contribution in [0.15, 0.2) is 0 Å². The summed E-state index contributed by atoms with van der Waals surface area (Å²) in [4.78, 5) is 0. The molecule has 3 saturated heterocycles. The van der Waals surface area contributed by atoms with E-state index in [-0.39, 0.29) is 18.1 Å². The summed E-state index contributed by atoms with van der Waals surface area (Å²) in [5.41, 5.74) is 6.03. The summed E-state index contributed by atoms with van der Waals surface area (Å²) in [6, 6.07) is 0.483. The maximum Gasteiger partial charge on any atom is 0.282 e. The van der Waals surface area contributed by atoms with E-state index in [1.807, 2.05) is 0 Å². The number of hydrogen-bond donors (Lipinski definition) is 1. The summed E-state index contributed by atoms with van der Waals surface area (Å²) in [5.74, 6) is 0.480. The zero-order chi connectivity index (χ0) is 13.6. The van der Waals surface area contributed by atoms with Gasteiger partial charge in [0, 0.05) is 31.2 Å². The number of nitrogens with zero attached hydrogens (tertiary/aromatic N) is 2. The van der Waals surface area contributed by atoms with Gasteiger partial charge in [-0.15, -0.1) is 0 Å². The van der Waals surface area contributed by atoms with Crippen LogP contribution in [0.25, 0.3) is 0 Å². The lowest BCUT2D eigenvalue weighted by Crippen LogP contribution is -2.56. The van der Waals surface area contributed by atoms with Gasteiger partial charge < -0.3 is 5.73 Å². The van der Waals surface area contributed by atoms with Gasteiger partial charge in [0.1, 0.15) is 0 Å². The van der Waals surface area contributed by atoms with Gasteiger partial charge in [-0.25, -0.2) is 0 Å². The van der Waals surface area contributed by atoms with Gasteiger partial charge in [0.05, 0.1) is 0 Å². The molecule has 110 valence electrons. The Morgan fingerprint density at radius 3 is 2.32 bits per heavy atom. The molecule has 0 saturated carbocycles. The van der Waals surface area contributed by atoms with Crippen molar-refractivity contribution < 1.29 is 8.42 Å². The Morgan fingerprint density at radius 1 is 1.11 bits per heavy atom. The first-order chi connectivity index (χ1) is 8.98. The molecule has 3 rings (SSSR count). The molecule has 0 aromatic heterocycles. The maximum absolute atomic E-state index is 12.9. The van der Waals surface area contributed by atoms with Crippen molar-refractivity contribution in [1.29, 1.82) is 0 Å². The van der Waals surface area contributed by atoms with E-state index in [0.29, 0.717) is 19.0 Å². The zero-order valence-corrected chi connectivity index (χ0v) is 12.5. The van der Waals surface area contributed by atoms with Gasteiger partial charge in [0.25, 0.3) is 10.2 Å². The van der Waals surface area contributed by atoms with Crippen molar-refractivity contribution in [2.24, 2.45) is 11.7 Å². The molecule has 6 heteroatoms. The van der Waals surface area contributed by atoms with E-state index in [1.165, 1.54) is 0 Å². The molecule has 0 aromatic carbocycles. The number of fused-ring (bicyclic) bond motifs is 2. The van der Waals surface area contributed by atoms with Gasteiger partial charge in [0.15, 0.2) is 0 Å². The van der Waals surface area contributed by atoms with E-state index < -0.39 is 10.2 Å². The Kier molecular flexibility index (Phi) is 3.62. The third-order valence-electron chi connectivity index (χ3n) is 4.91. The Morgan fingerprint density at radius 2 is 1.74 bits per heavy atom. The second kappa shape index (κ2) is 4.98. The van der Waals surface area contributed by atoms with Crippen molar-refractivity contribution in [2.75, 3.05) is 13.1 Å². The van der Waals surface area contributed by atoms with Crippen LogP contribution in [0.4, 0.5) is 0 Å². The van der Waals surface area contributed by atoms with Crippen molar-refractivity contribution in [3.8, 4) is 0 Å². The van der Waals surface area contributed by atoms with Crippen LogP contribution in [0.2, 0.25) is 0 Å². The first kappa shape index (κ1) is 13.8. The monoisotopic (exact) mass is 287 g/mol. The van der Waals surface area contributed by atoms with Crippen LogP contribution < -0.4 is 5.73 Å². The molecule has 3 atom stereocenters. The minimum absolute atomic E-state index is 0.149. The molecule has 2 N–H and O–H groups in total. The third-order valence-corrected chi connectivity index (χ3v) is 7.03. The van der Waals surface area contributed by atoms with E-state index in [0.717, 1.165) is 38.5 Å². The number of hydrogen-bond acceptors (Lipinski definition) is 3. The van der Waals surface area contributed by atoms with Crippen molar-refractivity contribution in [1.82, 2.24) is 8.61 Å². The lowest BCUT2D eigenvalue weighted by atomic mass is 10.0. The lowest BCUT2D eigenvalue weighted by molar-refractivity contribution is 0.195. The Bertz CT molecular complexity index is 425. The molecule has 3 heterocycles. The van der Waals surface area contributed by atoms with Crippen molar-refractivity contribution in [3.05, 3.63) is 0 Å². The summed E-state index contributed by atoms with van der Waals surface area (Å²) in [6.07, 6.45) is 5.77. The number of nitrogens with two attached hydrogens (primary N) is 1. The van der Waals surface area contributed by atoms with Crippen LogP contribution in [0, 0.1) is 5.92 Å². The highest BCUT2D eigenvalue weighted by Crippen LogP contribution is 2.38. The van der Waals surface area contributed by atoms with Gasteiger partial charge in [0.2, 0.25) is 0 Å². The predicted octanol–water partition coefficient (Wildman–Crippen LogP) is 0.917. The molecule has 5 nitrogen and oxygen atoms in total. The smallest absolute Gasteiger partial charge is 0.282 e. The minimum Gasteiger partial charge on any atom is -0.328 e. The van der Waals surface area contributed by atoms with Crippen LogP contribution in [0.5, 0.6) is 0 Å². The topological polar surface area (TPSA) is 66.6 Å². The predicted molar refractivity (Wildman–Crippen MR) is 74.7 cm³/mol. The van der Waals surface area contributed by atoms with Crippen LogP contribution in [-0.4, -0.2) is 48.2 Å². The first-order valence-corrected chi connectivity index (χ1v) is 8.92. The molecule has 3 unspecified atom stereocenters. The summed E-state index contributed by atoms with van der Waals surface area (Å²) in [6.45, 7) is 3.52. The molecule has 0 aromatic rings. The summed E-state index contributed by atoms with van der Waals surface area (Å²) in [5, 5.41) is 0. The molecule has 0 amide bonds. The highest BCUT2D eigenvalue weighted by molar-refractivity contribution is 7.86. The van der Waals surface area contributed by atoms with E-state index in [4.69, 9.17) is 5.73 Å². The van der Waals surface area contributed by atoms with Crippen LogP contribution in [-0.2, 0) is 10.2 Å². The van der Waals surface area contributed by atoms with Crippen LogP contribution >= 0.6 is 0 Å². The number of rotatable bonds is 2. The second-order valence-electron chi connectivity index (χ2n) is 6.56. The molecule has 0 radical (unpaired) electrons. The van der Waals surface area contributed by atoms with E-state index in [2.05, 4.69) is 6.92 Å². The Hall–Kier alpha value is -0.170. The van der Waals surface area contributed by atoms with E-state index in [9.17, 15) is 8.42 Å². The fourth-order valence-corrected chi connectivity index (χ4v) is 6.25. The minimum atomic E-state index is -3.27. The molecule has 19 heavy (non-hydrogen) atoms. The fraction of sp³-hybridized carbons (Fsp3) is 1.00. The van der Waals surface area contributed by atoms with E-state index in [1.54, 1.807) is 8.61 Å². The maximum atomic E-state index is 12.9. The average Bonchev–Trinajstić information content (AvgIpc) is 2.63. The molecule has 3 aliphatic heterocycles. The molecule has 3 aliphatic rings. The van der Waals surface area contributed by atoms with Gasteiger partial charge in [-0.3, -0.25) is 0 Å². The van der Waals surface area contributed by atoms with E-state index >= 15 is 0 Å². The van der Waals surface area contributed by atoms with Gasteiger partial charge >= 0.3 is 0 Å². The molecule has 3 fully saturated rings. The molecule has 0 aliphatic carbocycles. The quantitative estimate of drug-likeness (QED) is 0.821. The highest BCUT2D eigenvalue weighted by atomic mass is 32.2. The third kappa shape index (κ3) is 2.44. The van der Waals surface area contributed by atoms with Crippen LogP contribution in [0.3, 0.4) is 0 Å². The number of piperidine rings is 2. The summed E-state index contributed by atoms with van der Waals surface area (Å²) >= 11 is 0. The first-order valence-electron chi connectivity index (χ1n) is 7.52. The average molecular weight is 287 g/mol. The Labute approximate surface area is 116 Å². The van der Waals surface area contributed by atoms with Crippen molar-refractivity contribution in [2.45, 2.75) is 63.6 Å². The van der Waals surface area contributed by atoms with Crippen molar-refractivity contribution in [3.63, 3.8) is 0 Å². The van der Waals surface area contributed by atoms with Gasteiger partial charge in [-0.1, -0.05) is 6.92 Å². The Balaban J connectivity index is 1.81. The second-order valence-corrected chi connectivity index (χ2v) is 8.39. The fourth-order valence-electron chi connectivity index (χ4n) is 4.04. The van der Waals surface area contributed by atoms with Crippen LogP contribution in [0.1, 0.15) is 45.4 Å². The summed E-state index contributed by atoms with van der Waals surface area (Å²) in [7, 11) is -3.27. The SMILES string of the molecule is CC1CCCN(S(=O)(=O)N2C3CCC2CC(N)C3)C1. The molecule has 2 bridgehead atoms. The summed E-state index contributed by atoms with van der Waals surface area (Å²) < 4.78 is 29.2. The molecular weight excluding hydrogens is 262 g/mol.